The highest BCUT2D eigenvalue weighted by atomic mass is 16.2. The largest absolute Gasteiger partial charge is 0.343 e. The number of ketones is 1. The summed E-state index contributed by atoms with van der Waals surface area (Å²) in [6.45, 7) is 3.35. The van der Waals surface area contributed by atoms with E-state index in [9.17, 15) is 9.59 Å². The maximum Gasteiger partial charge on any atom is 0.223 e. The average Bonchev–Trinajstić information content (AvgIpc) is 2.48. The van der Waals surface area contributed by atoms with E-state index in [1.165, 1.54) is 6.42 Å². The molecule has 0 spiro atoms. The van der Waals surface area contributed by atoms with Gasteiger partial charge in [-0.1, -0.05) is 30.3 Å². The average molecular weight is 273 g/mol. The van der Waals surface area contributed by atoms with Gasteiger partial charge in [-0.2, -0.15) is 0 Å². The maximum absolute atomic E-state index is 12.4. The predicted octanol–water partition coefficient (Wildman–Crippen LogP) is 3.15. The van der Waals surface area contributed by atoms with Crippen molar-refractivity contribution in [2.75, 3.05) is 13.1 Å². The smallest absolute Gasteiger partial charge is 0.223 e. The Morgan fingerprint density at radius 1 is 1.05 bits per heavy atom. The summed E-state index contributed by atoms with van der Waals surface area (Å²) in [6.07, 6.45) is 4.33. The lowest BCUT2D eigenvalue weighted by Gasteiger charge is -2.28. The Balaban J connectivity index is 2.03. The fraction of sp³-hybridized carbons (Fsp3) is 0.529. The number of carbonyl (C=O) groups is 2. The van der Waals surface area contributed by atoms with Gasteiger partial charge < -0.3 is 9.69 Å². The molecule has 1 aliphatic heterocycles. The number of carbonyl (C=O) groups excluding carboxylic acids is 2. The summed E-state index contributed by atoms with van der Waals surface area (Å²) < 4.78 is 0. The van der Waals surface area contributed by atoms with E-state index in [1.54, 1.807) is 6.92 Å². The minimum atomic E-state index is 0.0168. The summed E-state index contributed by atoms with van der Waals surface area (Å²) in [5, 5.41) is 0. The standard InChI is InChI=1S/C17H23NO2/c1-14(19)12-16(15-8-4-2-5-9-15)13-17(20)18-10-6-3-7-11-18/h2,4-5,8-9,16H,3,6-7,10-13H2,1H3/t16-/m1/s1. The predicted molar refractivity (Wildman–Crippen MR) is 79.5 cm³/mol. The van der Waals surface area contributed by atoms with Crippen molar-refractivity contribution in [3.63, 3.8) is 0 Å². The third kappa shape index (κ3) is 4.19. The molecule has 0 unspecified atom stereocenters. The van der Waals surface area contributed by atoms with E-state index in [0.717, 1.165) is 31.5 Å². The Labute approximate surface area is 121 Å². The van der Waals surface area contributed by atoms with Crippen LogP contribution in [0.4, 0.5) is 0 Å². The summed E-state index contributed by atoms with van der Waals surface area (Å²) in [7, 11) is 0. The molecular formula is C17H23NO2. The first-order valence-electron chi connectivity index (χ1n) is 7.49. The maximum atomic E-state index is 12.4. The van der Waals surface area contributed by atoms with Crippen LogP contribution >= 0.6 is 0 Å². The molecule has 0 saturated carbocycles. The topological polar surface area (TPSA) is 37.4 Å². The zero-order valence-corrected chi connectivity index (χ0v) is 12.2. The molecule has 1 aromatic carbocycles. The van der Waals surface area contributed by atoms with Gasteiger partial charge in [-0.25, -0.2) is 0 Å². The molecule has 1 fully saturated rings. The number of hydrogen-bond donors (Lipinski definition) is 0. The lowest BCUT2D eigenvalue weighted by Crippen LogP contribution is -2.36. The van der Waals surface area contributed by atoms with E-state index in [-0.39, 0.29) is 17.6 Å². The van der Waals surface area contributed by atoms with Crippen LogP contribution in [0.2, 0.25) is 0 Å². The Bertz CT molecular complexity index is 449. The monoisotopic (exact) mass is 273 g/mol. The molecule has 0 N–H and O–H groups in total. The quantitative estimate of drug-likeness (QED) is 0.826. The number of hydrogen-bond acceptors (Lipinski definition) is 2. The minimum absolute atomic E-state index is 0.0168. The molecule has 1 heterocycles. The fourth-order valence-corrected chi connectivity index (χ4v) is 2.86. The minimum Gasteiger partial charge on any atom is -0.343 e. The normalized spacial score (nSPS) is 16.8. The second-order valence-electron chi connectivity index (χ2n) is 5.66. The lowest BCUT2D eigenvalue weighted by molar-refractivity contribution is -0.132. The highest BCUT2D eigenvalue weighted by Crippen LogP contribution is 2.25. The molecule has 0 radical (unpaired) electrons. The molecule has 1 atom stereocenters. The first-order valence-corrected chi connectivity index (χ1v) is 7.49. The number of amides is 1. The van der Waals surface area contributed by atoms with Crippen LogP contribution in [0.15, 0.2) is 30.3 Å². The van der Waals surface area contributed by atoms with Crippen LogP contribution in [0.1, 0.15) is 50.5 Å². The molecule has 2 rings (SSSR count). The summed E-state index contributed by atoms with van der Waals surface area (Å²) in [6, 6.07) is 9.91. The third-order valence-corrected chi connectivity index (χ3v) is 3.93. The molecule has 3 nitrogen and oxygen atoms in total. The number of nitrogens with zero attached hydrogens (tertiary/aromatic N) is 1. The van der Waals surface area contributed by atoms with Crippen molar-refractivity contribution in [2.24, 2.45) is 0 Å². The molecule has 1 aliphatic rings. The first-order chi connectivity index (χ1) is 9.66. The van der Waals surface area contributed by atoms with E-state index < -0.39 is 0 Å². The molecule has 108 valence electrons. The van der Waals surface area contributed by atoms with Crippen LogP contribution < -0.4 is 0 Å². The van der Waals surface area contributed by atoms with Crippen LogP contribution in [-0.2, 0) is 9.59 Å². The van der Waals surface area contributed by atoms with Crippen LogP contribution in [0.3, 0.4) is 0 Å². The van der Waals surface area contributed by atoms with Crippen molar-refractivity contribution in [3.8, 4) is 0 Å². The van der Waals surface area contributed by atoms with Crippen LogP contribution in [0.25, 0.3) is 0 Å². The van der Waals surface area contributed by atoms with Crippen LogP contribution in [0.5, 0.6) is 0 Å². The van der Waals surface area contributed by atoms with Gasteiger partial charge in [0.15, 0.2) is 0 Å². The van der Waals surface area contributed by atoms with Crippen molar-refractivity contribution in [1.82, 2.24) is 4.90 Å². The Morgan fingerprint density at radius 3 is 2.30 bits per heavy atom. The van der Waals surface area contributed by atoms with Crippen molar-refractivity contribution < 1.29 is 9.59 Å². The number of Topliss-reactive ketones (excluding diaryl/α,β-unsaturated/α-hetero) is 1. The van der Waals surface area contributed by atoms with Crippen molar-refractivity contribution >= 4 is 11.7 Å². The highest BCUT2D eigenvalue weighted by Gasteiger charge is 2.22. The van der Waals surface area contributed by atoms with E-state index in [0.29, 0.717) is 12.8 Å². The fourth-order valence-electron chi connectivity index (χ4n) is 2.86. The molecule has 3 heteroatoms. The Morgan fingerprint density at radius 2 is 1.70 bits per heavy atom. The second kappa shape index (κ2) is 7.22. The zero-order chi connectivity index (χ0) is 14.4. The molecule has 1 saturated heterocycles. The summed E-state index contributed by atoms with van der Waals surface area (Å²) in [5.41, 5.74) is 1.09. The molecule has 0 aromatic heterocycles. The van der Waals surface area contributed by atoms with Crippen molar-refractivity contribution in [3.05, 3.63) is 35.9 Å². The van der Waals surface area contributed by atoms with Crippen LogP contribution in [-0.4, -0.2) is 29.7 Å². The van der Waals surface area contributed by atoms with Gasteiger partial charge in [0.25, 0.3) is 0 Å². The summed E-state index contributed by atoms with van der Waals surface area (Å²) in [4.78, 5) is 25.8. The number of benzene rings is 1. The molecule has 0 aliphatic carbocycles. The van der Waals surface area contributed by atoms with Crippen molar-refractivity contribution in [2.45, 2.75) is 44.9 Å². The Kier molecular flexibility index (Phi) is 5.33. The first kappa shape index (κ1) is 14.8. The van der Waals surface area contributed by atoms with Gasteiger partial charge >= 0.3 is 0 Å². The summed E-state index contributed by atoms with van der Waals surface area (Å²) >= 11 is 0. The van der Waals surface area contributed by atoms with E-state index in [1.807, 2.05) is 35.2 Å². The SMILES string of the molecule is CC(=O)C[C@H](CC(=O)N1CCCCC1)c1ccccc1. The Hall–Kier alpha value is -1.64. The molecule has 20 heavy (non-hydrogen) atoms. The van der Waals surface area contributed by atoms with Gasteiger partial charge in [-0.15, -0.1) is 0 Å². The summed E-state index contributed by atoms with van der Waals surface area (Å²) in [5.74, 6) is 0.355. The van der Waals surface area contributed by atoms with Crippen molar-refractivity contribution in [1.29, 1.82) is 0 Å². The zero-order valence-electron chi connectivity index (χ0n) is 12.2. The van der Waals surface area contributed by atoms with Gasteiger partial charge in [0, 0.05) is 25.9 Å². The van der Waals surface area contributed by atoms with Crippen LogP contribution in [0, 0.1) is 0 Å². The molecular weight excluding hydrogens is 250 g/mol. The van der Waals surface area contributed by atoms with Gasteiger partial charge in [0.2, 0.25) is 5.91 Å². The van der Waals surface area contributed by atoms with E-state index in [4.69, 9.17) is 0 Å². The third-order valence-electron chi connectivity index (χ3n) is 3.93. The number of likely N-dealkylation sites (tertiary alicyclic amines) is 1. The van der Waals surface area contributed by atoms with Gasteiger partial charge in [0.1, 0.15) is 5.78 Å². The second-order valence-corrected chi connectivity index (χ2v) is 5.66. The van der Waals surface area contributed by atoms with Gasteiger partial charge in [-0.05, 0) is 37.7 Å². The lowest BCUT2D eigenvalue weighted by atomic mass is 9.90. The van der Waals surface area contributed by atoms with Gasteiger partial charge in [0.05, 0.1) is 0 Å². The van der Waals surface area contributed by atoms with E-state index >= 15 is 0 Å². The van der Waals surface area contributed by atoms with Gasteiger partial charge in [-0.3, -0.25) is 4.79 Å². The molecule has 1 aromatic rings. The number of rotatable bonds is 5. The molecule has 0 bridgehead atoms. The van der Waals surface area contributed by atoms with E-state index in [2.05, 4.69) is 0 Å². The number of piperidine rings is 1. The molecule has 1 amide bonds. The highest BCUT2D eigenvalue weighted by molar-refractivity contribution is 5.80.